The summed E-state index contributed by atoms with van der Waals surface area (Å²) >= 11 is 0. The highest BCUT2D eigenvalue weighted by molar-refractivity contribution is 6.06. The van der Waals surface area contributed by atoms with Crippen LogP contribution < -0.4 is 5.32 Å². The molecule has 31 heavy (non-hydrogen) atoms. The number of rotatable bonds is 7. The Morgan fingerprint density at radius 3 is 2.32 bits per heavy atom. The molecule has 1 N–H and O–H groups in total. The maximum absolute atomic E-state index is 12.9. The SMILES string of the molecule is CC1CC(C)C(=O)C(C(CC2CC(=O)NC(=O)C2)OC(=O)CC(=O)c2ccccc2)C1. The fourth-order valence-corrected chi connectivity index (χ4v) is 4.78. The van der Waals surface area contributed by atoms with Gasteiger partial charge in [0.05, 0.1) is 5.92 Å². The number of ether oxygens (including phenoxy) is 1. The lowest BCUT2D eigenvalue weighted by Crippen LogP contribution is -2.44. The topological polar surface area (TPSA) is 107 Å². The minimum atomic E-state index is -0.752. The van der Waals surface area contributed by atoms with Crippen LogP contribution in [0.2, 0.25) is 0 Å². The van der Waals surface area contributed by atoms with Crippen molar-refractivity contribution in [3.8, 4) is 0 Å². The molecule has 166 valence electrons. The number of Topliss-reactive ketones (excluding diaryl/α,β-unsaturated/α-hetero) is 2. The van der Waals surface area contributed by atoms with Gasteiger partial charge in [0.1, 0.15) is 18.3 Å². The Hall–Kier alpha value is -2.83. The van der Waals surface area contributed by atoms with Crippen molar-refractivity contribution in [3.63, 3.8) is 0 Å². The number of hydrogen-bond donors (Lipinski definition) is 1. The molecular formula is C24H29NO6. The van der Waals surface area contributed by atoms with E-state index in [1.165, 1.54) is 0 Å². The zero-order chi connectivity index (χ0) is 22.5. The highest BCUT2D eigenvalue weighted by Gasteiger charge is 2.41. The van der Waals surface area contributed by atoms with E-state index in [2.05, 4.69) is 12.2 Å². The summed E-state index contributed by atoms with van der Waals surface area (Å²) < 4.78 is 5.70. The number of benzene rings is 1. The van der Waals surface area contributed by atoms with Gasteiger partial charge >= 0.3 is 5.97 Å². The number of carbonyl (C=O) groups is 5. The lowest BCUT2D eigenvalue weighted by atomic mass is 9.71. The summed E-state index contributed by atoms with van der Waals surface area (Å²) in [6.45, 7) is 3.94. The zero-order valence-corrected chi connectivity index (χ0v) is 18.0. The summed E-state index contributed by atoms with van der Waals surface area (Å²) in [4.78, 5) is 61.5. The standard InChI is InChI=1S/C24H29NO6/c1-14-8-15(2)24(30)18(9-14)20(10-16-11-21(27)25-22(28)12-16)31-23(29)13-19(26)17-6-4-3-5-7-17/h3-7,14-16,18,20H,8-13H2,1-2H3,(H,25,27,28). The summed E-state index contributed by atoms with van der Waals surface area (Å²) in [5.41, 5.74) is 0.418. The lowest BCUT2D eigenvalue weighted by molar-refractivity contribution is -0.156. The Morgan fingerprint density at radius 2 is 1.68 bits per heavy atom. The number of ketones is 2. The van der Waals surface area contributed by atoms with E-state index in [1.54, 1.807) is 30.3 Å². The predicted molar refractivity (Wildman–Crippen MR) is 112 cm³/mol. The van der Waals surface area contributed by atoms with Crippen LogP contribution in [0.5, 0.6) is 0 Å². The second-order valence-electron chi connectivity index (χ2n) is 8.96. The molecule has 1 aliphatic carbocycles. The molecule has 2 fully saturated rings. The van der Waals surface area contributed by atoms with E-state index in [0.717, 1.165) is 6.42 Å². The zero-order valence-electron chi connectivity index (χ0n) is 18.0. The summed E-state index contributed by atoms with van der Waals surface area (Å²) in [7, 11) is 0. The van der Waals surface area contributed by atoms with Gasteiger partial charge in [-0.05, 0) is 31.1 Å². The van der Waals surface area contributed by atoms with Gasteiger partial charge in [0.2, 0.25) is 11.8 Å². The molecule has 4 unspecified atom stereocenters. The second kappa shape index (κ2) is 9.98. The third kappa shape index (κ3) is 6.09. The van der Waals surface area contributed by atoms with Gasteiger partial charge in [0, 0.05) is 24.3 Å². The number of amides is 2. The van der Waals surface area contributed by atoms with Crippen LogP contribution in [0.3, 0.4) is 0 Å². The van der Waals surface area contributed by atoms with Gasteiger partial charge in [0.25, 0.3) is 0 Å². The summed E-state index contributed by atoms with van der Waals surface area (Å²) in [6.07, 6.45) is 0.742. The fourth-order valence-electron chi connectivity index (χ4n) is 4.78. The first-order chi connectivity index (χ1) is 14.7. The number of carbonyl (C=O) groups excluding carboxylic acids is 5. The van der Waals surface area contributed by atoms with Gasteiger partial charge in [0.15, 0.2) is 5.78 Å². The molecule has 0 bridgehead atoms. The average Bonchev–Trinajstić information content (AvgIpc) is 2.70. The van der Waals surface area contributed by atoms with E-state index < -0.39 is 24.4 Å². The smallest absolute Gasteiger partial charge is 0.313 e. The van der Waals surface area contributed by atoms with Gasteiger partial charge < -0.3 is 4.74 Å². The van der Waals surface area contributed by atoms with Crippen molar-refractivity contribution in [1.82, 2.24) is 5.32 Å². The first kappa shape index (κ1) is 22.8. The fraction of sp³-hybridized carbons (Fsp3) is 0.542. The Bertz CT molecular complexity index is 848. The molecule has 1 aliphatic heterocycles. The van der Waals surface area contributed by atoms with Crippen LogP contribution in [0.15, 0.2) is 30.3 Å². The Balaban J connectivity index is 1.73. The largest absolute Gasteiger partial charge is 0.461 e. The van der Waals surface area contributed by atoms with Gasteiger partial charge in [-0.15, -0.1) is 0 Å². The van der Waals surface area contributed by atoms with Crippen molar-refractivity contribution in [3.05, 3.63) is 35.9 Å². The number of imide groups is 1. The highest BCUT2D eigenvalue weighted by Crippen LogP contribution is 2.36. The maximum Gasteiger partial charge on any atom is 0.313 e. The molecule has 0 radical (unpaired) electrons. The first-order valence-corrected chi connectivity index (χ1v) is 10.9. The van der Waals surface area contributed by atoms with E-state index in [0.29, 0.717) is 17.9 Å². The van der Waals surface area contributed by atoms with Crippen LogP contribution >= 0.6 is 0 Å². The molecule has 4 atom stereocenters. The number of hydrogen-bond acceptors (Lipinski definition) is 6. The number of esters is 1. The average molecular weight is 427 g/mol. The molecule has 2 amide bonds. The molecule has 1 aromatic rings. The number of nitrogens with one attached hydrogen (secondary N) is 1. The van der Waals surface area contributed by atoms with Crippen molar-refractivity contribution in [2.45, 2.75) is 58.5 Å². The predicted octanol–water partition coefficient (Wildman–Crippen LogP) is 2.87. The third-order valence-corrected chi connectivity index (χ3v) is 6.19. The summed E-state index contributed by atoms with van der Waals surface area (Å²) in [5, 5.41) is 2.27. The van der Waals surface area contributed by atoms with Crippen molar-refractivity contribution in [2.75, 3.05) is 0 Å². The van der Waals surface area contributed by atoms with Crippen molar-refractivity contribution >= 4 is 29.4 Å². The van der Waals surface area contributed by atoms with Crippen LogP contribution in [0.4, 0.5) is 0 Å². The van der Waals surface area contributed by atoms with E-state index in [1.807, 2.05) is 6.92 Å². The normalized spacial score (nSPS) is 25.6. The number of piperidine rings is 1. The van der Waals surface area contributed by atoms with Gasteiger partial charge in [-0.3, -0.25) is 29.3 Å². The van der Waals surface area contributed by atoms with E-state index in [4.69, 9.17) is 4.74 Å². The van der Waals surface area contributed by atoms with Gasteiger partial charge in [-0.25, -0.2) is 0 Å². The quantitative estimate of drug-likeness (QED) is 0.310. The molecule has 1 saturated heterocycles. The Morgan fingerprint density at radius 1 is 1.03 bits per heavy atom. The Labute approximate surface area is 181 Å². The molecule has 1 heterocycles. The van der Waals surface area contributed by atoms with Crippen molar-refractivity contribution in [1.29, 1.82) is 0 Å². The first-order valence-electron chi connectivity index (χ1n) is 10.9. The molecular weight excluding hydrogens is 398 g/mol. The molecule has 1 aromatic carbocycles. The summed E-state index contributed by atoms with van der Waals surface area (Å²) in [6, 6.07) is 8.48. The summed E-state index contributed by atoms with van der Waals surface area (Å²) in [5.74, 6) is -2.36. The second-order valence-corrected chi connectivity index (χ2v) is 8.96. The van der Waals surface area contributed by atoms with Crippen LogP contribution in [-0.4, -0.2) is 35.5 Å². The molecule has 1 saturated carbocycles. The maximum atomic E-state index is 12.9. The molecule has 0 aromatic heterocycles. The van der Waals surface area contributed by atoms with Crippen molar-refractivity contribution < 1.29 is 28.7 Å². The van der Waals surface area contributed by atoms with E-state index in [-0.39, 0.29) is 54.5 Å². The lowest BCUT2D eigenvalue weighted by Gasteiger charge is -2.36. The van der Waals surface area contributed by atoms with Crippen LogP contribution in [0, 0.1) is 23.7 Å². The highest BCUT2D eigenvalue weighted by atomic mass is 16.5. The van der Waals surface area contributed by atoms with Crippen LogP contribution in [-0.2, 0) is 23.9 Å². The van der Waals surface area contributed by atoms with Crippen LogP contribution in [0.1, 0.15) is 62.7 Å². The molecule has 3 rings (SSSR count). The molecule has 7 nitrogen and oxygen atoms in total. The van der Waals surface area contributed by atoms with E-state index in [9.17, 15) is 24.0 Å². The van der Waals surface area contributed by atoms with E-state index >= 15 is 0 Å². The molecule has 7 heteroatoms. The van der Waals surface area contributed by atoms with Gasteiger partial charge in [-0.2, -0.15) is 0 Å². The Kier molecular flexibility index (Phi) is 7.36. The minimum absolute atomic E-state index is 0.0388. The molecule has 0 spiro atoms. The monoisotopic (exact) mass is 427 g/mol. The minimum Gasteiger partial charge on any atom is -0.461 e. The molecule has 2 aliphatic rings. The van der Waals surface area contributed by atoms with Crippen molar-refractivity contribution in [2.24, 2.45) is 23.7 Å². The van der Waals surface area contributed by atoms with Gasteiger partial charge in [-0.1, -0.05) is 44.2 Å². The van der Waals surface area contributed by atoms with Crippen LogP contribution in [0.25, 0.3) is 0 Å². The third-order valence-electron chi connectivity index (χ3n) is 6.19.